The summed E-state index contributed by atoms with van der Waals surface area (Å²) in [5.74, 6) is -0.302. The number of hydrogen-bond donors (Lipinski definition) is 2. The third-order valence-corrected chi connectivity index (χ3v) is 3.46. The molecule has 0 saturated heterocycles. The lowest BCUT2D eigenvalue weighted by Gasteiger charge is -2.08. The molecule has 3 N–H and O–H groups in total. The van der Waals surface area contributed by atoms with Crippen LogP contribution in [0.3, 0.4) is 0 Å². The number of nitrogens with zero attached hydrogens (tertiary/aromatic N) is 2. The molecular formula is C16H13ClN4O. The Kier molecular flexibility index (Phi) is 3.80. The van der Waals surface area contributed by atoms with Crippen molar-refractivity contribution in [3.05, 3.63) is 71.5 Å². The summed E-state index contributed by atoms with van der Waals surface area (Å²) >= 11 is 6.02. The van der Waals surface area contributed by atoms with Gasteiger partial charge in [0.1, 0.15) is 0 Å². The molecule has 0 radical (unpaired) electrons. The number of nitrogens with two attached hydrogens (primary N) is 1. The Morgan fingerprint density at radius 3 is 2.64 bits per heavy atom. The summed E-state index contributed by atoms with van der Waals surface area (Å²) in [4.78, 5) is 12.2. The quantitative estimate of drug-likeness (QED) is 0.728. The van der Waals surface area contributed by atoms with Gasteiger partial charge in [-0.2, -0.15) is 5.10 Å². The van der Waals surface area contributed by atoms with Crippen LogP contribution in [0.15, 0.2) is 60.9 Å². The molecular weight excluding hydrogens is 300 g/mol. The van der Waals surface area contributed by atoms with E-state index in [1.165, 1.54) is 0 Å². The fourth-order valence-electron chi connectivity index (χ4n) is 2.03. The van der Waals surface area contributed by atoms with Crippen LogP contribution < -0.4 is 11.1 Å². The van der Waals surface area contributed by atoms with Gasteiger partial charge >= 0.3 is 0 Å². The first-order valence-corrected chi connectivity index (χ1v) is 6.98. The number of amides is 1. The molecule has 2 aromatic carbocycles. The van der Waals surface area contributed by atoms with Crippen LogP contribution >= 0.6 is 11.6 Å². The highest BCUT2D eigenvalue weighted by Crippen LogP contribution is 2.21. The van der Waals surface area contributed by atoms with Crippen LogP contribution in [0.1, 0.15) is 10.4 Å². The molecule has 3 aromatic rings. The van der Waals surface area contributed by atoms with E-state index in [1.54, 1.807) is 41.2 Å². The smallest absolute Gasteiger partial charge is 0.257 e. The number of halogens is 1. The molecule has 22 heavy (non-hydrogen) atoms. The van der Waals surface area contributed by atoms with Crippen molar-refractivity contribution in [2.24, 2.45) is 0 Å². The predicted molar refractivity (Wildman–Crippen MR) is 87.4 cm³/mol. The van der Waals surface area contributed by atoms with E-state index in [2.05, 4.69) is 10.4 Å². The third-order valence-electron chi connectivity index (χ3n) is 3.13. The zero-order valence-corrected chi connectivity index (χ0v) is 12.3. The maximum Gasteiger partial charge on any atom is 0.257 e. The fraction of sp³-hybridized carbons (Fsp3) is 0. The van der Waals surface area contributed by atoms with Crippen LogP contribution in [0.2, 0.25) is 5.02 Å². The Hall–Kier alpha value is -2.79. The van der Waals surface area contributed by atoms with Crippen LogP contribution in [0, 0.1) is 0 Å². The molecule has 6 heteroatoms. The zero-order chi connectivity index (χ0) is 15.5. The second-order valence-electron chi connectivity index (χ2n) is 4.69. The summed E-state index contributed by atoms with van der Waals surface area (Å²) < 4.78 is 1.74. The molecule has 0 bridgehead atoms. The molecule has 1 heterocycles. The lowest BCUT2D eigenvalue weighted by molar-refractivity contribution is 0.102. The van der Waals surface area contributed by atoms with Crippen LogP contribution in [0.25, 0.3) is 5.69 Å². The molecule has 1 amide bonds. The van der Waals surface area contributed by atoms with Crippen molar-refractivity contribution in [3.63, 3.8) is 0 Å². The molecule has 1 aromatic heterocycles. The zero-order valence-electron chi connectivity index (χ0n) is 11.5. The van der Waals surface area contributed by atoms with E-state index in [4.69, 9.17) is 17.3 Å². The lowest BCUT2D eigenvalue weighted by atomic mass is 10.2. The van der Waals surface area contributed by atoms with Crippen LogP contribution in [0.5, 0.6) is 0 Å². The molecule has 3 rings (SSSR count). The van der Waals surface area contributed by atoms with Gasteiger partial charge < -0.3 is 11.1 Å². The number of benzene rings is 2. The topological polar surface area (TPSA) is 72.9 Å². The summed E-state index contributed by atoms with van der Waals surface area (Å²) in [6.07, 6.45) is 3.55. The summed E-state index contributed by atoms with van der Waals surface area (Å²) in [6, 6.07) is 14.0. The van der Waals surface area contributed by atoms with Gasteiger partial charge in [-0.25, -0.2) is 4.68 Å². The van der Waals surface area contributed by atoms with E-state index in [1.807, 2.05) is 24.4 Å². The normalized spacial score (nSPS) is 10.4. The highest BCUT2D eigenvalue weighted by molar-refractivity contribution is 6.34. The maximum atomic E-state index is 12.2. The van der Waals surface area contributed by atoms with E-state index in [9.17, 15) is 4.79 Å². The van der Waals surface area contributed by atoms with Crippen molar-refractivity contribution in [1.29, 1.82) is 0 Å². The number of hydrogen-bond acceptors (Lipinski definition) is 3. The average Bonchev–Trinajstić information content (AvgIpc) is 3.05. The molecule has 0 spiro atoms. The number of carbonyl (C=O) groups excluding carboxylic acids is 1. The largest absolute Gasteiger partial charge is 0.399 e. The van der Waals surface area contributed by atoms with Gasteiger partial charge in [-0.1, -0.05) is 11.6 Å². The van der Waals surface area contributed by atoms with Crippen molar-refractivity contribution in [3.8, 4) is 5.69 Å². The first-order valence-electron chi connectivity index (χ1n) is 6.60. The number of nitrogens with one attached hydrogen (secondary N) is 1. The first-order chi connectivity index (χ1) is 10.6. The van der Waals surface area contributed by atoms with E-state index in [-0.39, 0.29) is 5.91 Å². The van der Waals surface area contributed by atoms with Gasteiger partial charge in [-0.3, -0.25) is 4.79 Å². The van der Waals surface area contributed by atoms with Gasteiger partial charge in [0.05, 0.1) is 16.3 Å². The Balaban J connectivity index is 1.78. The highest BCUT2D eigenvalue weighted by Gasteiger charge is 2.11. The fourth-order valence-corrected chi connectivity index (χ4v) is 2.24. The van der Waals surface area contributed by atoms with Gasteiger partial charge in [0.15, 0.2) is 0 Å². The third kappa shape index (κ3) is 2.94. The second-order valence-corrected chi connectivity index (χ2v) is 5.10. The second kappa shape index (κ2) is 5.91. The minimum Gasteiger partial charge on any atom is -0.399 e. The monoisotopic (exact) mass is 312 g/mol. The predicted octanol–water partition coefficient (Wildman–Crippen LogP) is 3.36. The van der Waals surface area contributed by atoms with Crippen LogP contribution in [-0.2, 0) is 0 Å². The van der Waals surface area contributed by atoms with Crippen molar-refractivity contribution in [1.82, 2.24) is 9.78 Å². The van der Waals surface area contributed by atoms with E-state index in [0.717, 1.165) is 5.69 Å². The van der Waals surface area contributed by atoms with Crippen molar-refractivity contribution in [2.75, 3.05) is 11.1 Å². The number of rotatable bonds is 3. The SMILES string of the molecule is Nc1ccc(Cl)c(C(=O)Nc2ccc(-n3cccn3)cc2)c1. The summed E-state index contributed by atoms with van der Waals surface area (Å²) in [5, 5.41) is 7.30. The Labute approximate surface area is 132 Å². The van der Waals surface area contributed by atoms with Gasteiger partial charge in [0, 0.05) is 23.8 Å². The number of aromatic nitrogens is 2. The van der Waals surface area contributed by atoms with E-state index in [0.29, 0.717) is 22.0 Å². The number of anilines is 2. The average molecular weight is 313 g/mol. The number of nitrogen functional groups attached to an aromatic ring is 1. The van der Waals surface area contributed by atoms with Crippen LogP contribution in [-0.4, -0.2) is 15.7 Å². The van der Waals surface area contributed by atoms with Crippen molar-refractivity contribution < 1.29 is 4.79 Å². The van der Waals surface area contributed by atoms with E-state index < -0.39 is 0 Å². The van der Waals surface area contributed by atoms with Crippen molar-refractivity contribution >= 4 is 28.9 Å². The minimum atomic E-state index is -0.302. The minimum absolute atomic E-state index is 0.302. The molecule has 110 valence electrons. The van der Waals surface area contributed by atoms with Crippen molar-refractivity contribution in [2.45, 2.75) is 0 Å². The number of carbonyl (C=O) groups is 1. The summed E-state index contributed by atoms with van der Waals surface area (Å²) in [6.45, 7) is 0. The van der Waals surface area contributed by atoms with Gasteiger partial charge in [0.25, 0.3) is 5.91 Å². The Morgan fingerprint density at radius 2 is 1.95 bits per heavy atom. The van der Waals surface area contributed by atoms with Gasteiger partial charge in [0.2, 0.25) is 0 Å². The molecule has 0 aliphatic rings. The molecule has 0 atom stereocenters. The Morgan fingerprint density at radius 1 is 1.18 bits per heavy atom. The lowest BCUT2D eigenvalue weighted by Crippen LogP contribution is -2.13. The van der Waals surface area contributed by atoms with Gasteiger partial charge in [-0.05, 0) is 48.5 Å². The molecule has 0 saturated carbocycles. The first kappa shape index (κ1) is 14.2. The molecule has 0 unspecified atom stereocenters. The van der Waals surface area contributed by atoms with Gasteiger partial charge in [-0.15, -0.1) is 0 Å². The summed E-state index contributed by atoms with van der Waals surface area (Å²) in [5.41, 5.74) is 8.09. The standard InChI is InChI=1S/C16H13ClN4O/c17-15-7-2-11(18)10-14(15)16(22)20-12-3-5-13(6-4-12)21-9-1-8-19-21/h1-10H,18H2,(H,20,22). The molecule has 0 aliphatic heterocycles. The molecule has 0 fully saturated rings. The maximum absolute atomic E-state index is 12.2. The van der Waals surface area contributed by atoms with Crippen LogP contribution in [0.4, 0.5) is 11.4 Å². The van der Waals surface area contributed by atoms with E-state index >= 15 is 0 Å². The summed E-state index contributed by atoms with van der Waals surface area (Å²) in [7, 11) is 0. The Bertz CT molecular complexity index is 798. The highest BCUT2D eigenvalue weighted by atomic mass is 35.5. The molecule has 0 aliphatic carbocycles. The molecule has 5 nitrogen and oxygen atoms in total.